The van der Waals surface area contributed by atoms with Crippen LogP contribution in [0, 0.1) is 4.77 Å². The number of carbonyl (C=O) groups excluding carboxylic acids is 1. The average Bonchev–Trinajstić information content (AvgIpc) is 3.21. The number of benzene rings is 2. The summed E-state index contributed by atoms with van der Waals surface area (Å²) in [5.41, 5.74) is 2.81. The van der Waals surface area contributed by atoms with Crippen LogP contribution in [0.4, 0.5) is 0 Å². The number of pyridine rings is 1. The molecule has 0 radical (unpaired) electrons. The van der Waals surface area contributed by atoms with Gasteiger partial charge >= 0.3 is 0 Å². The Morgan fingerprint density at radius 3 is 2.37 bits per heavy atom. The van der Waals surface area contributed by atoms with Gasteiger partial charge in [-0.05, 0) is 54.9 Å². The monoisotopic (exact) mass is 484 g/mol. The van der Waals surface area contributed by atoms with Crippen LogP contribution in [0.5, 0.6) is 0 Å². The van der Waals surface area contributed by atoms with E-state index in [0.717, 1.165) is 37.3 Å². The van der Waals surface area contributed by atoms with Crippen molar-refractivity contribution in [3.8, 4) is 11.4 Å². The second-order valence-electron chi connectivity index (χ2n) is 8.79. The van der Waals surface area contributed by atoms with Gasteiger partial charge in [0.2, 0.25) is 0 Å². The Labute approximate surface area is 210 Å². The van der Waals surface area contributed by atoms with Gasteiger partial charge in [0.15, 0.2) is 10.6 Å². The molecule has 5 rings (SSSR count). The zero-order valence-electron chi connectivity index (χ0n) is 19.5. The standard InChI is InChI=1S/C27H28N6OS/c34-26(22-10-5-2-6-11-22)29-24-13-16-31(17-14-24)20-33-27(35)32(19-21-8-3-1-4-9-21)25(30-33)23-12-7-15-28-18-23/h1-12,15,18,24H,13-14,16-17,19-20H2,(H,29,34). The molecular formula is C27H28N6OS. The van der Waals surface area contributed by atoms with E-state index in [9.17, 15) is 4.79 Å². The molecule has 0 unspecified atom stereocenters. The van der Waals surface area contributed by atoms with Crippen LogP contribution in [0.25, 0.3) is 11.4 Å². The molecule has 2 aromatic carbocycles. The number of rotatable bonds is 7. The Morgan fingerprint density at radius 1 is 0.971 bits per heavy atom. The molecule has 35 heavy (non-hydrogen) atoms. The molecule has 1 aliphatic rings. The molecule has 1 saturated heterocycles. The lowest BCUT2D eigenvalue weighted by atomic mass is 10.0. The van der Waals surface area contributed by atoms with Crippen LogP contribution >= 0.6 is 12.2 Å². The van der Waals surface area contributed by atoms with Gasteiger partial charge in [-0.15, -0.1) is 0 Å². The first-order valence-electron chi connectivity index (χ1n) is 11.9. The van der Waals surface area contributed by atoms with Crippen LogP contribution in [0.2, 0.25) is 0 Å². The smallest absolute Gasteiger partial charge is 0.251 e. The van der Waals surface area contributed by atoms with Gasteiger partial charge in [0.05, 0.1) is 13.2 Å². The number of aromatic nitrogens is 4. The first-order valence-corrected chi connectivity index (χ1v) is 12.3. The van der Waals surface area contributed by atoms with E-state index in [0.29, 0.717) is 23.5 Å². The Hall–Kier alpha value is -3.62. The molecule has 1 aliphatic heterocycles. The Bertz CT molecular complexity index is 1310. The van der Waals surface area contributed by atoms with Gasteiger partial charge < -0.3 is 5.32 Å². The Balaban J connectivity index is 1.28. The van der Waals surface area contributed by atoms with Crippen LogP contribution in [0.1, 0.15) is 28.8 Å². The van der Waals surface area contributed by atoms with Gasteiger partial charge in [0.1, 0.15) is 0 Å². The van der Waals surface area contributed by atoms with Crippen molar-refractivity contribution in [2.45, 2.75) is 32.1 Å². The molecule has 178 valence electrons. The number of nitrogens with one attached hydrogen (secondary N) is 1. The first kappa shape index (κ1) is 23.1. The fourth-order valence-electron chi connectivity index (χ4n) is 4.42. The normalized spacial score (nSPS) is 14.6. The van der Waals surface area contributed by atoms with E-state index in [1.807, 2.05) is 71.5 Å². The first-order chi connectivity index (χ1) is 17.2. The molecule has 0 aliphatic carbocycles. The zero-order valence-corrected chi connectivity index (χ0v) is 20.3. The van der Waals surface area contributed by atoms with E-state index in [4.69, 9.17) is 17.3 Å². The quantitative estimate of drug-likeness (QED) is 0.395. The minimum atomic E-state index is -0.00737. The van der Waals surface area contributed by atoms with E-state index in [1.54, 1.807) is 6.20 Å². The molecule has 2 aromatic heterocycles. The molecular weight excluding hydrogens is 456 g/mol. The molecule has 1 N–H and O–H groups in total. The fourth-order valence-corrected chi connectivity index (χ4v) is 4.67. The van der Waals surface area contributed by atoms with E-state index in [1.165, 1.54) is 5.56 Å². The van der Waals surface area contributed by atoms with Crippen molar-refractivity contribution in [1.29, 1.82) is 0 Å². The topological polar surface area (TPSA) is 68.0 Å². The van der Waals surface area contributed by atoms with Crippen molar-refractivity contribution in [1.82, 2.24) is 29.5 Å². The predicted octanol–water partition coefficient (Wildman–Crippen LogP) is 4.38. The van der Waals surface area contributed by atoms with E-state index in [-0.39, 0.29) is 11.9 Å². The Kier molecular flexibility index (Phi) is 7.11. The van der Waals surface area contributed by atoms with Gasteiger partial charge in [0.25, 0.3) is 5.91 Å². The highest BCUT2D eigenvalue weighted by Gasteiger charge is 2.23. The van der Waals surface area contributed by atoms with Gasteiger partial charge in [-0.3, -0.25) is 19.2 Å². The molecule has 0 spiro atoms. The molecule has 3 heterocycles. The van der Waals surface area contributed by atoms with Crippen molar-refractivity contribution in [2.24, 2.45) is 0 Å². The van der Waals surface area contributed by atoms with E-state index in [2.05, 4.69) is 31.9 Å². The van der Waals surface area contributed by atoms with Crippen LogP contribution in [-0.2, 0) is 13.2 Å². The average molecular weight is 485 g/mol. The predicted molar refractivity (Wildman–Crippen MR) is 138 cm³/mol. The molecule has 0 bridgehead atoms. The summed E-state index contributed by atoms with van der Waals surface area (Å²) in [6.07, 6.45) is 5.37. The SMILES string of the molecule is O=C(NC1CCN(Cn2nc(-c3cccnc3)n(Cc3ccccc3)c2=S)CC1)c1ccccc1. The Morgan fingerprint density at radius 2 is 1.69 bits per heavy atom. The van der Waals surface area contributed by atoms with Crippen LogP contribution < -0.4 is 5.32 Å². The van der Waals surface area contributed by atoms with Crippen molar-refractivity contribution >= 4 is 18.1 Å². The maximum Gasteiger partial charge on any atom is 0.251 e. The third-order valence-corrected chi connectivity index (χ3v) is 6.75. The molecule has 1 fully saturated rings. The maximum atomic E-state index is 12.5. The highest BCUT2D eigenvalue weighted by molar-refractivity contribution is 7.71. The van der Waals surface area contributed by atoms with Gasteiger partial charge in [-0.2, -0.15) is 5.10 Å². The van der Waals surface area contributed by atoms with Gasteiger partial charge in [-0.1, -0.05) is 48.5 Å². The summed E-state index contributed by atoms with van der Waals surface area (Å²) in [7, 11) is 0. The number of hydrogen-bond donors (Lipinski definition) is 1. The second-order valence-corrected chi connectivity index (χ2v) is 9.16. The summed E-state index contributed by atoms with van der Waals surface area (Å²) in [5.74, 6) is 0.809. The van der Waals surface area contributed by atoms with E-state index < -0.39 is 0 Å². The van der Waals surface area contributed by atoms with Crippen LogP contribution in [0.15, 0.2) is 85.2 Å². The maximum absolute atomic E-state index is 12.5. The van der Waals surface area contributed by atoms with Crippen molar-refractivity contribution in [3.05, 3.63) is 101 Å². The molecule has 8 heteroatoms. The molecule has 7 nitrogen and oxygen atoms in total. The summed E-state index contributed by atoms with van der Waals surface area (Å²) in [5, 5.41) is 8.07. The number of piperidine rings is 1. The van der Waals surface area contributed by atoms with Crippen molar-refractivity contribution in [3.63, 3.8) is 0 Å². The highest BCUT2D eigenvalue weighted by atomic mass is 32.1. The second kappa shape index (κ2) is 10.8. The summed E-state index contributed by atoms with van der Waals surface area (Å²) < 4.78 is 4.67. The van der Waals surface area contributed by atoms with Crippen molar-refractivity contribution < 1.29 is 4.79 Å². The third kappa shape index (κ3) is 5.55. The summed E-state index contributed by atoms with van der Waals surface area (Å²) in [6.45, 7) is 3.01. The number of amides is 1. The zero-order chi connectivity index (χ0) is 24.0. The van der Waals surface area contributed by atoms with Gasteiger partial charge in [-0.25, -0.2) is 4.68 Å². The minimum absolute atomic E-state index is 0.00737. The van der Waals surface area contributed by atoms with Crippen LogP contribution in [-0.4, -0.2) is 49.3 Å². The largest absolute Gasteiger partial charge is 0.349 e. The number of likely N-dealkylation sites (tertiary alicyclic amines) is 1. The summed E-state index contributed by atoms with van der Waals surface area (Å²) >= 11 is 5.87. The van der Waals surface area contributed by atoms with E-state index >= 15 is 0 Å². The third-order valence-electron chi connectivity index (χ3n) is 6.32. The lowest BCUT2D eigenvalue weighted by Gasteiger charge is -2.32. The molecule has 0 atom stereocenters. The van der Waals surface area contributed by atoms with Crippen molar-refractivity contribution in [2.75, 3.05) is 13.1 Å². The molecule has 0 saturated carbocycles. The van der Waals surface area contributed by atoms with Crippen LogP contribution in [0.3, 0.4) is 0 Å². The number of hydrogen-bond acceptors (Lipinski definition) is 5. The minimum Gasteiger partial charge on any atom is -0.349 e. The number of carbonyl (C=O) groups is 1. The van der Waals surface area contributed by atoms with Gasteiger partial charge in [0, 0.05) is 42.7 Å². The highest BCUT2D eigenvalue weighted by Crippen LogP contribution is 2.20. The lowest BCUT2D eigenvalue weighted by molar-refractivity contribution is 0.0896. The summed E-state index contributed by atoms with van der Waals surface area (Å²) in [6, 6.07) is 23.8. The molecule has 1 amide bonds. The fraction of sp³-hybridized carbons (Fsp3) is 0.259. The summed E-state index contributed by atoms with van der Waals surface area (Å²) in [4.78, 5) is 19.1. The lowest BCUT2D eigenvalue weighted by Crippen LogP contribution is -2.45. The number of nitrogens with zero attached hydrogens (tertiary/aromatic N) is 5. The molecule has 4 aromatic rings.